The zero-order valence-electron chi connectivity index (χ0n) is 11.7. The van der Waals surface area contributed by atoms with E-state index < -0.39 is 0 Å². The largest absolute Gasteiger partial charge is 0.322 e. The number of hydrogen-bond donors (Lipinski definition) is 1. The van der Waals surface area contributed by atoms with E-state index in [1.807, 2.05) is 24.3 Å². The first-order valence-electron chi connectivity index (χ1n) is 6.79. The molecule has 2 nitrogen and oxygen atoms in total. The summed E-state index contributed by atoms with van der Waals surface area (Å²) in [5, 5.41) is 0. The lowest BCUT2D eigenvalue weighted by Crippen LogP contribution is -2.33. The Morgan fingerprint density at radius 2 is 1.37 bits per heavy atom. The van der Waals surface area contributed by atoms with Crippen LogP contribution in [-0.2, 0) is 0 Å². The van der Waals surface area contributed by atoms with Crippen LogP contribution in [0.3, 0.4) is 0 Å². The normalized spacial score (nSPS) is 14.3. The van der Waals surface area contributed by atoms with Crippen LogP contribution in [0.25, 0.3) is 0 Å². The van der Waals surface area contributed by atoms with Crippen LogP contribution in [-0.4, -0.2) is 18.5 Å². The molecule has 0 amide bonds. The van der Waals surface area contributed by atoms with Gasteiger partial charge < -0.3 is 5.73 Å². The maximum atomic E-state index is 6.51. The summed E-state index contributed by atoms with van der Waals surface area (Å²) in [5.74, 6) is 0. The van der Waals surface area contributed by atoms with Crippen LogP contribution in [0.4, 0.5) is 0 Å². The van der Waals surface area contributed by atoms with Crippen molar-refractivity contribution in [3.8, 4) is 0 Å². The van der Waals surface area contributed by atoms with Crippen molar-refractivity contribution in [3.63, 3.8) is 0 Å². The molecule has 2 aromatic carbocycles. The molecule has 0 aliphatic rings. The zero-order valence-corrected chi connectivity index (χ0v) is 11.7. The molecule has 0 spiro atoms. The Balaban J connectivity index is 2.34. The minimum absolute atomic E-state index is 0.0199. The smallest absolute Gasteiger partial charge is 0.0538 e. The van der Waals surface area contributed by atoms with Crippen molar-refractivity contribution >= 4 is 0 Å². The average molecular weight is 254 g/mol. The van der Waals surface area contributed by atoms with E-state index in [-0.39, 0.29) is 12.1 Å². The second-order valence-electron chi connectivity index (χ2n) is 4.87. The average Bonchev–Trinajstić information content (AvgIpc) is 2.49. The Morgan fingerprint density at radius 1 is 0.895 bits per heavy atom. The minimum Gasteiger partial charge on any atom is -0.322 e. The summed E-state index contributed by atoms with van der Waals surface area (Å²) < 4.78 is 0. The lowest BCUT2D eigenvalue weighted by atomic mass is 9.93. The Hall–Kier alpha value is -1.64. The molecule has 100 valence electrons. The molecule has 0 bridgehead atoms. The third kappa shape index (κ3) is 3.22. The lowest BCUT2D eigenvalue weighted by Gasteiger charge is -2.32. The standard InChI is InChI=1S/C17H22N2/c1-3-19(2)17(15-12-8-5-9-13-15)16(18)14-10-6-4-7-11-14/h4-13,16-17H,3,18H2,1-2H3. The number of rotatable bonds is 5. The first-order chi connectivity index (χ1) is 9.24. The molecule has 0 radical (unpaired) electrons. The van der Waals surface area contributed by atoms with Gasteiger partial charge in [-0.15, -0.1) is 0 Å². The molecule has 0 aromatic heterocycles. The molecule has 0 heterocycles. The molecule has 0 aliphatic heterocycles. The summed E-state index contributed by atoms with van der Waals surface area (Å²) in [6, 6.07) is 21.0. The zero-order chi connectivity index (χ0) is 13.7. The number of likely N-dealkylation sites (N-methyl/N-ethyl adjacent to an activating group) is 1. The van der Waals surface area contributed by atoms with Crippen LogP contribution in [0.2, 0.25) is 0 Å². The van der Waals surface area contributed by atoms with Gasteiger partial charge in [0.2, 0.25) is 0 Å². The van der Waals surface area contributed by atoms with Gasteiger partial charge in [-0.3, -0.25) is 4.90 Å². The van der Waals surface area contributed by atoms with Crippen molar-refractivity contribution in [2.75, 3.05) is 13.6 Å². The molecule has 2 heteroatoms. The van der Waals surface area contributed by atoms with E-state index in [1.165, 1.54) is 11.1 Å². The van der Waals surface area contributed by atoms with Gasteiger partial charge in [-0.2, -0.15) is 0 Å². The van der Waals surface area contributed by atoms with Crippen molar-refractivity contribution < 1.29 is 0 Å². The van der Waals surface area contributed by atoms with Crippen LogP contribution >= 0.6 is 0 Å². The topological polar surface area (TPSA) is 29.3 Å². The fraction of sp³-hybridized carbons (Fsp3) is 0.294. The van der Waals surface area contributed by atoms with Crippen molar-refractivity contribution in [1.82, 2.24) is 4.90 Å². The summed E-state index contributed by atoms with van der Waals surface area (Å²) >= 11 is 0. The molecule has 0 saturated carbocycles. The van der Waals surface area contributed by atoms with Crippen molar-refractivity contribution in [2.24, 2.45) is 5.73 Å². The highest BCUT2D eigenvalue weighted by molar-refractivity contribution is 5.27. The minimum atomic E-state index is -0.0199. The highest BCUT2D eigenvalue weighted by atomic mass is 15.1. The van der Waals surface area contributed by atoms with Crippen molar-refractivity contribution in [2.45, 2.75) is 19.0 Å². The van der Waals surface area contributed by atoms with Crippen LogP contribution in [0.5, 0.6) is 0 Å². The molecular formula is C17H22N2. The molecule has 2 aromatic rings. The van der Waals surface area contributed by atoms with Crippen LogP contribution in [0.1, 0.15) is 30.1 Å². The summed E-state index contributed by atoms with van der Waals surface area (Å²) in [6.07, 6.45) is 0. The Labute approximate surface area is 115 Å². The predicted molar refractivity (Wildman–Crippen MR) is 80.9 cm³/mol. The van der Waals surface area contributed by atoms with E-state index in [4.69, 9.17) is 5.73 Å². The molecular weight excluding hydrogens is 232 g/mol. The quantitative estimate of drug-likeness (QED) is 0.886. The third-order valence-electron chi connectivity index (χ3n) is 3.64. The number of nitrogens with two attached hydrogens (primary N) is 1. The van der Waals surface area contributed by atoms with E-state index >= 15 is 0 Å². The summed E-state index contributed by atoms with van der Waals surface area (Å²) in [4.78, 5) is 2.30. The molecule has 2 rings (SSSR count). The Kier molecular flexibility index (Phi) is 4.72. The third-order valence-corrected chi connectivity index (χ3v) is 3.64. The maximum absolute atomic E-state index is 6.51. The molecule has 2 unspecified atom stereocenters. The van der Waals surface area contributed by atoms with Gasteiger partial charge in [0, 0.05) is 6.04 Å². The first-order valence-corrected chi connectivity index (χ1v) is 6.79. The summed E-state index contributed by atoms with van der Waals surface area (Å²) in [6.45, 7) is 3.13. The van der Waals surface area contributed by atoms with Gasteiger partial charge in [0.05, 0.1) is 6.04 Å². The van der Waals surface area contributed by atoms with Gasteiger partial charge in [0.1, 0.15) is 0 Å². The molecule has 2 atom stereocenters. The van der Waals surface area contributed by atoms with E-state index in [0.717, 1.165) is 6.54 Å². The SMILES string of the molecule is CCN(C)C(c1ccccc1)C(N)c1ccccc1. The van der Waals surface area contributed by atoms with E-state index in [9.17, 15) is 0 Å². The van der Waals surface area contributed by atoms with Crippen molar-refractivity contribution in [1.29, 1.82) is 0 Å². The van der Waals surface area contributed by atoms with Gasteiger partial charge in [-0.1, -0.05) is 67.6 Å². The molecule has 0 fully saturated rings. The second kappa shape index (κ2) is 6.50. The Bertz CT molecular complexity index is 481. The lowest BCUT2D eigenvalue weighted by molar-refractivity contribution is 0.224. The molecule has 2 N–H and O–H groups in total. The van der Waals surface area contributed by atoms with E-state index in [1.54, 1.807) is 0 Å². The highest BCUT2D eigenvalue weighted by Crippen LogP contribution is 2.31. The summed E-state index contributed by atoms with van der Waals surface area (Å²) in [5.41, 5.74) is 8.95. The second-order valence-corrected chi connectivity index (χ2v) is 4.87. The number of hydrogen-bond acceptors (Lipinski definition) is 2. The van der Waals surface area contributed by atoms with Crippen LogP contribution in [0, 0.1) is 0 Å². The van der Waals surface area contributed by atoms with Crippen LogP contribution in [0.15, 0.2) is 60.7 Å². The highest BCUT2D eigenvalue weighted by Gasteiger charge is 2.24. The van der Waals surface area contributed by atoms with Gasteiger partial charge in [0.15, 0.2) is 0 Å². The number of benzene rings is 2. The molecule has 19 heavy (non-hydrogen) atoms. The van der Waals surface area contributed by atoms with E-state index in [0.29, 0.717) is 0 Å². The van der Waals surface area contributed by atoms with Gasteiger partial charge >= 0.3 is 0 Å². The van der Waals surface area contributed by atoms with Gasteiger partial charge in [-0.05, 0) is 24.7 Å². The van der Waals surface area contributed by atoms with E-state index in [2.05, 4.69) is 55.3 Å². The predicted octanol–water partition coefficient (Wildman–Crippen LogP) is 3.38. The maximum Gasteiger partial charge on any atom is 0.0538 e. The fourth-order valence-corrected chi connectivity index (χ4v) is 2.44. The summed E-state index contributed by atoms with van der Waals surface area (Å²) in [7, 11) is 2.13. The van der Waals surface area contributed by atoms with Crippen molar-refractivity contribution in [3.05, 3.63) is 71.8 Å². The Morgan fingerprint density at radius 3 is 1.84 bits per heavy atom. The fourth-order valence-electron chi connectivity index (χ4n) is 2.44. The molecule has 0 aliphatic carbocycles. The number of nitrogens with zero attached hydrogens (tertiary/aromatic N) is 1. The monoisotopic (exact) mass is 254 g/mol. The first kappa shape index (κ1) is 13.8. The van der Waals surface area contributed by atoms with Gasteiger partial charge in [0.25, 0.3) is 0 Å². The molecule has 0 saturated heterocycles. The van der Waals surface area contributed by atoms with Gasteiger partial charge in [-0.25, -0.2) is 0 Å². The van der Waals surface area contributed by atoms with Crippen LogP contribution < -0.4 is 5.73 Å².